The predicted molar refractivity (Wildman–Crippen MR) is 66.0 cm³/mol. The standard InChI is InChI=1S/C12H26N2O2/c1-3-12(2,10-13)11(16)14-8-6-4-5-7-9-15/h15H,3-10,13H2,1-2H3,(H,14,16). The topological polar surface area (TPSA) is 75.4 Å². The molecule has 1 amide bonds. The number of aliphatic hydroxyl groups is 1. The lowest BCUT2D eigenvalue weighted by atomic mass is 9.86. The molecule has 1 unspecified atom stereocenters. The summed E-state index contributed by atoms with van der Waals surface area (Å²) in [4.78, 5) is 11.8. The van der Waals surface area contributed by atoms with E-state index in [1.165, 1.54) is 0 Å². The first-order valence-corrected chi connectivity index (χ1v) is 6.20. The molecular formula is C12H26N2O2. The molecule has 0 saturated heterocycles. The third-order valence-electron chi connectivity index (χ3n) is 3.15. The molecule has 96 valence electrons. The molecule has 0 rings (SSSR count). The van der Waals surface area contributed by atoms with Crippen LogP contribution in [0.1, 0.15) is 46.0 Å². The Morgan fingerprint density at radius 2 is 1.94 bits per heavy atom. The van der Waals surface area contributed by atoms with Crippen molar-refractivity contribution in [3.05, 3.63) is 0 Å². The van der Waals surface area contributed by atoms with Gasteiger partial charge in [-0.3, -0.25) is 4.79 Å². The smallest absolute Gasteiger partial charge is 0.227 e. The number of aliphatic hydroxyl groups excluding tert-OH is 1. The van der Waals surface area contributed by atoms with Gasteiger partial charge in [-0.1, -0.05) is 19.8 Å². The van der Waals surface area contributed by atoms with E-state index in [9.17, 15) is 4.79 Å². The quantitative estimate of drug-likeness (QED) is 0.518. The largest absolute Gasteiger partial charge is 0.396 e. The van der Waals surface area contributed by atoms with Crippen LogP contribution in [-0.2, 0) is 4.79 Å². The van der Waals surface area contributed by atoms with E-state index in [-0.39, 0.29) is 12.5 Å². The molecule has 0 bridgehead atoms. The van der Waals surface area contributed by atoms with Gasteiger partial charge in [0.1, 0.15) is 0 Å². The Balaban J connectivity index is 3.64. The number of unbranched alkanes of at least 4 members (excludes halogenated alkanes) is 3. The van der Waals surface area contributed by atoms with Crippen LogP contribution in [0, 0.1) is 5.41 Å². The zero-order chi connectivity index (χ0) is 12.4. The molecule has 0 fully saturated rings. The summed E-state index contributed by atoms with van der Waals surface area (Å²) in [7, 11) is 0. The minimum Gasteiger partial charge on any atom is -0.396 e. The summed E-state index contributed by atoms with van der Waals surface area (Å²) in [5.41, 5.74) is 5.17. The number of nitrogens with one attached hydrogen (secondary N) is 1. The Morgan fingerprint density at radius 3 is 2.44 bits per heavy atom. The van der Waals surface area contributed by atoms with Crippen LogP contribution in [0.5, 0.6) is 0 Å². The molecule has 0 radical (unpaired) electrons. The average molecular weight is 230 g/mol. The van der Waals surface area contributed by atoms with Gasteiger partial charge in [0, 0.05) is 19.7 Å². The van der Waals surface area contributed by atoms with E-state index >= 15 is 0 Å². The Bertz CT molecular complexity index is 191. The highest BCUT2D eigenvalue weighted by Crippen LogP contribution is 2.18. The van der Waals surface area contributed by atoms with Crippen LogP contribution in [0.3, 0.4) is 0 Å². The molecule has 4 heteroatoms. The second-order valence-corrected chi connectivity index (χ2v) is 4.51. The van der Waals surface area contributed by atoms with Crippen molar-refractivity contribution in [1.82, 2.24) is 5.32 Å². The van der Waals surface area contributed by atoms with E-state index in [0.29, 0.717) is 13.1 Å². The molecule has 0 aromatic heterocycles. The molecule has 4 nitrogen and oxygen atoms in total. The van der Waals surface area contributed by atoms with Gasteiger partial charge >= 0.3 is 0 Å². The average Bonchev–Trinajstić information content (AvgIpc) is 2.32. The van der Waals surface area contributed by atoms with Crippen molar-refractivity contribution in [2.24, 2.45) is 11.1 Å². The normalized spacial score (nSPS) is 14.5. The summed E-state index contributed by atoms with van der Waals surface area (Å²) in [6, 6.07) is 0. The minimum absolute atomic E-state index is 0.0552. The number of hydrogen-bond donors (Lipinski definition) is 3. The van der Waals surface area contributed by atoms with Gasteiger partial charge in [0.05, 0.1) is 5.41 Å². The number of amides is 1. The van der Waals surface area contributed by atoms with Crippen LogP contribution in [0.25, 0.3) is 0 Å². The highest BCUT2D eigenvalue weighted by atomic mass is 16.2. The Morgan fingerprint density at radius 1 is 1.31 bits per heavy atom. The summed E-state index contributed by atoms with van der Waals surface area (Å²) < 4.78 is 0. The van der Waals surface area contributed by atoms with E-state index in [1.807, 2.05) is 13.8 Å². The summed E-state index contributed by atoms with van der Waals surface area (Å²) in [6.07, 6.45) is 4.65. The first-order valence-electron chi connectivity index (χ1n) is 6.20. The minimum atomic E-state index is -0.425. The molecule has 0 aliphatic carbocycles. The number of carbonyl (C=O) groups excluding carboxylic acids is 1. The van der Waals surface area contributed by atoms with Gasteiger partial charge < -0.3 is 16.2 Å². The van der Waals surface area contributed by atoms with Gasteiger partial charge in [0.15, 0.2) is 0 Å². The molecule has 0 aliphatic rings. The van der Waals surface area contributed by atoms with Gasteiger partial charge in [-0.05, 0) is 26.2 Å². The Kier molecular flexibility index (Phi) is 8.21. The van der Waals surface area contributed by atoms with Crippen molar-refractivity contribution >= 4 is 5.91 Å². The van der Waals surface area contributed by atoms with E-state index in [2.05, 4.69) is 5.32 Å². The molecule has 0 heterocycles. The molecule has 16 heavy (non-hydrogen) atoms. The van der Waals surface area contributed by atoms with Gasteiger partial charge in [0.2, 0.25) is 5.91 Å². The van der Waals surface area contributed by atoms with Crippen molar-refractivity contribution in [3.8, 4) is 0 Å². The monoisotopic (exact) mass is 230 g/mol. The summed E-state index contributed by atoms with van der Waals surface area (Å²) in [6.45, 7) is 5.23. The molecule has 0 aromatic rings. The third-order valence-corrected chi connectivity index (χ3v) is 3.15. The van der Waals surface area contributed by atoms with Crippen LogP contribution in [0.2, 0.25) is 0 Å². The van der Waals surface area contributed by atoms with Crippen molar-refractivity contribution in [2.75, 3.05) is 19.7 Å². The zero-order valence-electron chi connectivity index (χ0n) is 10.6. The Labute approximate surface area is 98.6 Å². The fourth-order valence-corrected chi connectivity index (χ4v) is 1.40. The molecule has 1 atom stereocenters. The maximum absolute atomic E-state index is 11.8. The molecule has 0 aliphatic heterocycles. The maximum Gasteiger partial charge on any atom is 0.227 e. The van der Waals surface area contributed by atoms with Gasteiger partial charge in [-0.2, -0.15) is 0 Å². The van der Waals surface area contributed by atoms with Crippen LogP contribution < -0.4 is 11.1 Å². The molecular weight excluding hydrogens is 204 g/mol. The SMILES string of the molecule is CCC(C)(CN)C(=O)NCCCCCCO. The molecule has 4 N–H and O–H groups in total. The zero-order valence-corrected chi connectivity index (χ0v) is 10.6. The highest BCUT2D eigenvalue weighted by Gasteiger charge is 2.28. The lowest BCUT2D eigenvalue weighted by Gasteiger charge is -2.24. The predicted octanol–water partition coefficient (Wildman–Crippen LogP) is 1.03. The van der Waals surface area contributed by atoms with Crippen LogP contribution >= 0.6 is 0 Å². The summed E-state index contributed by atoms with van der Waals surface area (Å²) in [5.74, 6) is 0.0552. The first-order chi connectivity index (χ1) is 7.60. The van der Waals surface area contributed by atoms with Crippen LogP contribution in [-0.4, -0.2) is 30.7 Å². The molecule has 0 saturated carbocycles. The van der Waals surface area contributed by atoms with Crippen LogP contribution in [0.4, 0.5) is 0 Å². The number of nitrogens with two attached hydrogens (primary N) is 1. The number of carbonyl (C=O) groups is 1. The van der Waals surface area contributed by atoms with Crippen molar-refractivity contribution in [1.29, 1.82) is 0 Å². The van der Waals surface area contributed by atoms with Gasteiger partial charge in [0.25, 0.3) is 0 Å². The number of rotatable bonds is 9. The summed E-state index contributed by atoms with van der Waals surface area (Å²) in [5, 5.41) is 11.5. The molecule has 0 spiro atoms. The number of hydrogen-bond acceptors (Lipinski definition) is 3. The fourth-order valence-electron chi connectivity index (χ4n) is 1.40. The third kappa shape index (κ3) is 5.47. The second-order valence-electron chi connectivity index (χ2n) is 4.51. The van der Waals surface area contributed by atoms with E-state index in [0.717, 1.165) is 32.1 Å². The van der Waals surface area contributed by atoms with Gasteiger partial charge in [-0.15, -0.1) is 0 Å². The van der Waals surface area contributed by atoms with E-state index < -0.39 is 5.41 Å². The van der Waals surface area contributed by atoms with Crippen molar-refractivity contribution in [2.45, 2.75) is 46.0 Å². The lowest BCUT2D eigenvalue weighted by molar-refractivity contribution is -0.129. The van der Waals surface area contributed by atoms with Crippen LogP contribution in [0.15, 0.2) is 0 Å². The van der Waals surface area contributed by atoms with E-state index in [1.54, 1.807) is 0 Å². The second kappa shape index (κ2) is 8.53. The maximum atomic E-state index is 11.8. The molecule has 0 aromatic carbocycles. The van der Waals surface area contributed by atoms with E-state index in [4.69, 9.17) is 10.8 Å². The summed E-state index contributed by atoms with van der Waals surface area (Å²) >= 11 is 0. The van der Waals surface area contributed by atoms with Crippen molar-refractivity contribution < 1.29 is 9.90 Å². The highest BCUT2D eigenvalue weighted by molar-refractivity contribution is 5.82. The van der Waals surface area contributed by atoms with Gasteiger partial charge in [-0.25, -0.2) is 0 Å². The van der Waals surface area contributed by atoms with Crippen molar-refractivity contribution in [3.63, 3.8) is 0 Å². The Hall–Kier alpha value is -0.610. The first kappa shape index (κ1) is 15.4. The lowest BCUT2D eigenvalue weighted by Crippen LogP contribution is -2.43. The fraction of sp³-hybridized carbons (Fsp3) is 0.917.